The predicted molar refractivity (Wildman–Crippen MR) is 107 cm³/mol. The smallest absolute Gasteiger partial charge is 0.269 e. The zero-order valence-electron chi connectivity index (χ0n) is 15.3. The lowest BCUT2D eigenvalue weighted by atomic mass is 9.87. The summed E-state index contributed by atoms with van der Waals surface area (Å²) >= 11 is 5.05. The average Bonchev–Trinajstić information content (AvgIpc) is 2.59. The van der Waals surface area contributed by atoms with Crippen LogP contribution in [0.15, 0.2) is 48.5 Å². The van der Waals surface area contributed by atoms with Gasteiger partial charge >= 0.3 is 0 Å². The predicted octanol–water partition coefficient (Wildman–Crippen LogP) is 3.24. The molecule has 0 radical (unpaired) electrons. The minimum Gasteiger partial charge on any atom is -0.298 e. The van der Waals surface area contributed by atoms with Crippen molar-refractivity contribution in [1.82, 2.24) is 16.2 Å². The zero-order chi connectivity index (χ0) is 19.3. The molecule has 0 bridgehead atoms. The molecular weight excluding hydrogens is 346 g/mol. The van der Waals surface area contributed by atoms with E-state index in [1.165, 1.54) is 0 Å². The third-order valence-corrected chi connectivity index (χ3v) is 4.05. The summed E-state index contributed by atoms with van der Waals surface area (Å²) in [5.74, 6) is -0.677. The molecule has 0 aliphatic rings. The molecule has 0 aliphatic heterocycles. The number of carbonyl (C=O) groups excluding carboxylic acids is 2. The van der Waals surface area contributed by atoms with Crippen LogP contribution in [0.4, 0.5) is 0 Å². The molecule has 0 unspecified atom stereocenters. The van der Waals surface area contributed by atoms with E-state index in [4.69, 9.17) is 12.2 Å². The number of nitrogens with one attached hydrogen (secondary N) is 3. The van der Waals surface area contributed by atoms with Gasteiger partial charge in [0.05, 0.1) is 0 Å². The number of rotatable bonds is 2. The monoisotopic (exact) mass is 369 g/mol. The number of hydrogen-bond donors (Lipinski definition) is 3. The highest BCUT2D eigenvalue weighted by molar-refractivity contribution is 7.80. The Morgan fingerprint density at radius 3 is 1.85 bits per heavy atom. The fourth-order valence-corrected chi connectivity index (χ4v) is 2.36. The van der Waals surface area contributed by atoms with Crippen LogP contribution in [0.5, 0.6) is 0 Å². The summed E-state index contributed by atoms with van der Waals surface area (Å²) in [6.45, 7) is 8.27. The summed E-state index contributed by atoms with van der Waals surface area (Å²) in [6.07, 6.45) is 0. The molecule has 5 nitrogen and oxygen atoms in total. The molecule has 6 heteroatoms. The molecule has 0 saturated heterocycles. The van der Waals surface area contributed by atoms with Crippen LogP contribution in [0.2, 0.25) is 0 Å². The lowest BCUT2D eigenvalue weighted by Crippen LogP contribution is -2.48. The number of hydrazine groups is 1. The number of hydrogen-bond acceptors (Lipinski definition) is 3. The first-order chi connectivity index (χ1) is 12.2. The molecule has 2 aromatic rings. The lowest BCUT2D eigenvalue weighted by Gasteiger charge is -2.19. The van der Waals surface area contributed by atoms with Gasteiger partial charge in [-0.3, -0.25) is 25.8 Å². The quantitative estimate of drug-likeness (QED) is 0.561. The van der Waals surface area contributed by atoms with E-state index in [1.54, 1.807) is 24.3 Å². The van der Waals surface area contributed by atoms with Crippen molar-refractivity contribution in [1.29, 1.82) is 0 Å². The topological polar surface area (TPSA) is 70.2 Å². The van der Waals surface area contributed by atoms with Crippen LogP contribution in [0.3, 0.4) is 0 Å². The highest BCUT2D eigenvalue weighted by Crippen LogP contribution is 2.22. The van der Waals surface area contributed by atoms with E-state index in [0.717, 1.165) is 11.1 Å². The van der Waals surface area contributed by atoms with Crippen molar-refractivity contribution >= 4 is 29.1 Å². The van der Waals surface area contributed by atoms with E-state index >= 15 is 0 Å². The van der Waals surface area contributed by atoms with Gasteiger partial charge in [0.2, 0.25) is 0 Å². The maximum absolute atomic E-state index is 12.2. The summed E-state index contributed by atoms with van der Waals surface area (Å²) in [6, 6.07) is 14.5. The third-order valence-electron chi connectivity index (χ3n) is 3.84. The molecule has 2 amide bonds. The first-order valence-corrected chi connectivity index (χ1v) is 8.66. The summed E-state index contributed by atoms with van der Waals surface area (Å²) < 4.78 is 0. The minimum absolute atomic E-state index is 0.0200. The maximum atomic E-state index is 12.2. The highest BCUT2D eigenvalue weighted by atomic mass is 32.1. The molecule has 2 rings (SSSR count). The number of aryl methyl sites for hydroxylation is 1. The molecule has 0 saturated carbocycles. The van der Waals surface area contributed by atoms with Crippen molar-refractivity contribution in [3.8, 4) is 0 Å². The van der Waals surface area contributed by atoms with Crippen LogP contribution in [0.25, 0.3) is 0 Å². The van der Waals surface area contributed by atoms with Crippen LogP contribution in [0, 0.1) is 6.92 Å². The van der Waals surface area contributed by atoms with Crippen molar-refractivity contribution in [2.24, 2.45) is 0 Å². The Balaban J connectivity index is 1.88. The Bertz CT molecular complexity index is 806. The molecule has 0 spiro atoms. The summed E-state index contributed by atoms with van der Waals surface area (Å²) in [4.78, 5) is 24.2. The van der Waals surface area contributed by atoms with E-state index in [-0.39, 0.29) is 22.3 Å². The second-order valence-corrected chi connectivity index (χ2v) is 7.46. The van der Waals surface area contributed by atoms with Crippen LogP contribution in [0.1, 0.15) is 52.6 Å². The van der Waals surface area contributed by atoms with Gasteiger partial charge in [-0.25, -0.2) is 0 Å². The summed E-state index contributed by atoms with van der Waals surface area (Å²) in [7, 11) is 0. The number of amides is 2. The van der Waals surface area contributed by atoms with Crippen molar-refractivity contribution in [2.45, 2.75) is 33.1 Å². The summed E-state index contributed by atoms with van der Waals surface area (Å²) in [5.41, 5.74) is 8.20. The molecule has 0 heterocycles. The number of benzene rings is 2. The second kappa shape index (κ2) is 8.10. The Hall–Kier alpha value is -2.73. The van der Waals surface area contributed by atoms with Crippen molar-refractivity contribution in [2.75, 3.05) is 0 Å². The van der Waals surface area contributed by atoms with Gasteiger partial charge in [0.15, 0.2) is 5.11 Å². The molecule has 0 fully saturated rings. The molecule has 136 valence electrons. The van der Waals surface area contributed by atoms with E-state index in [9.17, 15) is 9.59 Å². The molecule has 0 aromatic heterocycles. The third kappa shape index (κ3) is 5.39. The molecule has 0 atom stereocenters. The molecule has 26 heavy (non-hydrogen) atoms. The highest BCUT2D eigenvalue weighted by Gasteiger charge is 2.15. The molecular formula is C20H23N3O2S. The average molecular weight is 369 g/mol. The van der Waals surface area contributed by atoms with Gasteiger partial charge in [-0.1, -0.05) is 50.6 Å². The van der Waals surface area contributed by atoms with E-state index in [0.29, 0.717) is 11.1 Å². The van der Waals surface area contributed by atoms with Gasteiger partial charge in [0.25, 0.3) is 11.8 Å². The lowest BCUT2D eigenvalue weighted by molar-refractivity contribution is 0.0934. The van der Waals surface area contributed by atoms with Crippen LogP contribution >= 0.6 is 12.2 Å². The van der Waals surface area contributed by atoms with Gasteiger partial charge < -0.3 is 0 Å². The largest absolute Gasteiger partial charge is 0.298 e. The van der Waals surface area contributed by atoms with Crippen molar-refractivity contribution in [3.63, 3.8) is 0 Å². The molecule has 3 N–H and O–H groups in total. The number of carbonyl (C=O) groups is 2. The number of thiocarbonyl (C=S) groups is 1. The summed E-state index contributed by atoms with van der Waals surface area (Å²) in [5, 5.41) is 2.56. The standard InChI is InChI=1S/C20H23N3O2S/c1-13-5-7-15(8-6-13)18(25)22-23-19(26)21-17(24)14-9-11-16(12-10-14)20(2,3)4/h5-12H,1-4H3,(H,22,25)(H2,21,23,24,26). The van der Waals surface area contributed by atoms with Crippen LogP contribution in [-0.4, -0.2) is 16.9 Å². The fraction of sp³-hybridized carbons (Fsp3) is 0.250. The first-order valence-electron chi connectivity index (χ1n) is 8.26. The Morgan fingerprint density at radius 2 is 1.31 bits per heavy atom. The minimum atomic E-state index is -0.340. The Kier molecular flexibility index (Phi) is 6.10. The van der Waals surface area contributed by atoms with Crippen molar-refractivity contribution in [3.05, 3.63) is 70.8 Å². The SMILES string of the molecule is Cc1ccc(C(=O)NNC(=S)NC(=O)c2ccc(C(C)(C)C)cc2)cc1. The normalized spacial score (nSPS) is 10.8. The maximum Gasteiger partial charge on any atom is 0.269 e. The zero-order valence-corrected chi connectivity index (χ0v) is 16.2. The first kappa shape index (κ1) is 19.6. The van der Waals surface area contributed by atoms with Gasteiger partial charge in [0, 0.05) is 11.1 Å². The fourth-order valence-electron chi connectivity index (χ4n) is 2.22. The molecule has 2 aromatic carbocycles. The van der Waals surface area contributed by atoms with E-state index in [1.807, 2.05) is 31.2 Å². The van der Waals surface area contributed by atoms with Crippen LogP contribution < -0.4 is 16.2 Å². The van der Waals surface area contributed by atoms with Crippen molar-refractivity contribution < 1.29 is 9.59 Å². The van der Waals surface area contributed by atoms with Gasteiger partial charge in [-0.05, 0) is 54.4 Å². The van der Waals surface area contributed by atoms with Gasteiger partial charge in [-0.2, -0.15) is 0 Å². The van der Waals surface area contributed by atoms with Crippen LogP contribution in [-0.2, 0) is 5.41 Å². The Morgan fingerprint density at radius 1 is 0.808 bits per heavy atom. The van der Waals surface area contributed by atoms with E-state index in [2.05, 4.69) is 36.9 Å². The van der Waals surface area contributed by atoms with Gasteiger partial charge in [-0.15, -0.1) is 0 Å². The Labute approximate surface area is 159 Å². The second-order valence-electron chi connectivity index (χ2n) is 7.06. The van der Waals surface area contributed by atoms with Gasteiger partial charge in [0.1, 0.15) is 0 Å². The van der Waals surface area contributed by atoms with E-state index < -0.39 is 0 Å². The molecule has 0 aliphatic carbocycles.